The highest BCUT2D eigenvalue weighted by molar-refractivity contribution is 6.11. The monoisotopic (exact) mass is 275 g/mol. The maximum absolute atomic E-state index is 12.2. The van der Waals surface area contributed by atoms with Gasteiger partial charge in [0.1, 0.15) is 0 Å². The van der Waals surface area contributed by atoms with Gasteiger partial charge in [-0.1, -0.05) is 42.5 Å². The summed E-state index contributed by atoms with van der Waals surface area (Å²) in [6.45, 7) is 1.58. The molecule has 21 heavy (non-hydrogen) atoms. The third kappa shape index (κ3) is 1.71. The van der Waals surface area contributed by atoms with Crippen molar-refractivity contribution in [1.82, 2.24) is 0 Å². The van der Waals surface area contributed by atoms with Gasteiger partial charge in [0.15, 0.2) is 11.5 Å². The van der Waals surface area contributed by atoms with Crippen LogP contribution in [0, 0.1) is 0 Å². The molecule has 1 amide bonds. The van der Waals surface area contributed by atoms with E-state index in [-0.39, 0.29) is 5.91 Å². The number of para-hydroxylation sites is 2. The fourth-order valence-electron chi connectivity index (χ4n) is 2.84. The van der Waals surface area contributed by atoms with Crippen LogP contribution >= 0.6 is 0 Å². The molecule has 0 aliphatic carbocycles. The second-order valence-corrected chi connectivity index (χ2v) is 5.06. The number of hydrogen-bond acceptors (Lipinski definition) is 2. The predicted molar refractivity (Wildman–Crippen MR) is 83.3 cm³/mol. The molecule has 0 aromatic heterocycles. The Morgan fingerprint density at radius 1 is 0.905 bits per heavy atom. The largest absolute Gasteiger partial charge is 0.453 e. The Morgan fingerprint density at radius 2 is 1.67 bits per heavy atom. The number of benzene rings is 3. The molecule has 0 bridgehead atoms. The second-order valence-electron chi connectivity index (χ2n) is 5.06. The SMILES string of the molecule is CC(=O)N1c2ccccc2Oc2ccc3ccccc3c21. The molecule has 3 aromatic rings. The van der Waals surface area contributed by atoms with E-state index >= 15 is 0 Å². The van der Waals surface area contributed by atoms with Gasteiger partial charge in [0.2, 0.25) is 5.91 Å². The molecule has 1 aliphatic heterocycles. The van der Waals surface area contributed by atoms with E-state index in [4.69, 9.17) is 4.74 Å². The van der Waals surface area contributed by atoms with E-state index in [0.29, 0.717) is 11.5 Å². The molecule has 0 spiro atoms. The highest BCUT2D eigenvalue weighted by Crippen LogP contribution is 2.49. The normalized spacial score (nSPS) is 12.5. The Bertz CT molecular complexity index is 870. The average molecular weight is 275 g/mol. The Hall–Kier alpha value is -2.81. The first kappa shape index (κ1) is 12.0. The molecular weight excluding hydrogens is 262 g/mol. The van der Waals surface area contributed by atoms with Gasteiger partial charge in [-0.2, -0.15) is 0 Å². The number of anilines is 2. The minimum atomic E-state index is -0.0247. The summed E-state index contributed by atoms with van der Waals surface area (Å²) in [5.74, 6) is 1.39. The number of fused-ring (bicyclic) bond motifs is 4. The van der Waals surface area contributed by atoms with Crippen molar-refractivity contribution in [2.75, 3.05) is 4.90 Å². The van der Waals surface area contributed by atoms with Gasteiger partial charge in [0.05, 0.1) is 11.4 Å². The highest BCUT2D eigenvalue weighted by Gasteiger charge is 2.28. The van der Waals surface area contributed by atoms with Gasteiger partial charge in [0, 0.05) is 12.3 Å². The Balaban J connectivity index is 2.08. The van der Waals surface area contributed by atoms with E-state index in [1.165, 1.54) is 0 Å². The molecule has 1 heterocycles. The lowest BCUT2D eigenvalue weighted by molar-refractivity contribution is -0.115. The van der Waals surface area contributed by atoms with Gasteiger partial charge in [-0.15, -0.1) is 0 Å². The molecule has 0 N–H and O–H groups in total. The summed E-state index contributed by atoms with van der Waals surface area (Å²) in [5.41, 5.74) is 1.60. The van der Waals surface area contributed by atoms with Crippen LogP contribution in [0.25, 0.3) is 10.8 Å². The summed E-state index contributed by atoms with van der Waals surface area (Å²) in [5, 5.41) is 2.10. The third-order valence-corrected chi connectivity index (χ3v) is 3.73. The van der Waals surface area contributed by atoms with Crippen LogP contribution in [0.3, 0.4) is 0 Å². The first-order valence-electron chi connectivity index (χ1n) is 6.85. The molecule has 4 rings (SSSR count). The van der Waals surface area contributed by atoms with Gasteiger partial charge in [0.25, 0.3) is 0 Å². The van der Waals surface area contributed by atoms with E-state index in [9.17, 15) is 4.79 Å². The van der Waals surface area contributed by atoms with E-state index in [2.05, 4.69) is 0 Å². The molecule has 0 atom stereocenters. The number of carbonyl (C=O) groups excluding carboxylic acids is 1. The summed E-state index contributed by atoms with van der Waals surface area (Å²) in [7, 11) is 0. The number of carbonyl (C=O) groups is 1. The van der Waals surface area contributed by atoms with Gasteiger partial charge < -0.3 is 4.74 Å². The fourth-order valence-corrected chi connectivity index (χ4v) is 2.84. The first-order chi connectivity index (χ1) is 10.3. The van der Waals surface area contributed by atoms with Crippen molar-refractivity contribution in [3.63, 3.8) is 0 Å². The minimum absolute atomic E-state index is 0.0247. The zero-order valence-electron chi connectivity index (χ0n) is 11.5. The molecule has 0 fully saturated rings. The van der Waals surface area contributed by atoms with Crippen LogP contribution in [0.5, 0.6) is 11.5 Å². The molecule has 3 nitrogen and oxygen atoms in total. The molecular formula is C18H13NO2. The number of amides is 1. The van der Waals surface area contributed by atoms with Gasteiger partial charge in [-0.25, -0.2) is 0 Å². The molecule has 3 heteroatoms. The first-order valence-corrected chi connectivity index (χ1v) is 6.85. The second kappa shape index (κ2) is 4.35. The van der Waals surface area contributed by atoms with Crippen molar-refractivity contribution in [1.29, 1.82) is 0 Å². The van der Waals surface area contributed by atoms with E-state index in [1.54, 1.807) is 11.8 Å². The van der Waals surface area contributed by atoms with Crippen LogP contribution in [-0.2, 0) is 4.79 Å². The third-order valence-electron chi connectivity index (χ3n) is 3.73. The number of nitrogens with zero attached hydrogens (tertiary/aromatic N) is 1. The Morgan fingerprint density at radius 3 is 2.52 bits per heavy atom. The number of hydrogen-bond donors (Lipinski definition) is 0. The van der Waals surface area contributed by atoms with Gasteiger partial charge in [-0.3, -0.25) is 9.69 Å². The highest BCUT2D eigenvalue weighted by atomic mass is 16.5. The summed E-state index contributed by atoms with van der Waals surface area (Å²) in [6.07, 6.45) is 0. The van der Waals surface area contributed by atoms with E-state index < -0.39 is 0 Å². The standard InChI is InChI=1S/C18H13NO2/c1-12(20)19-15-8-4-5-9-16(15)21-17-11-10-13-6-2-3-7-14(13)18(17)19/h2-11H,1H3. The van der Waals surface area contributed by atoms with Crippen LogP contribution in [0.1, 0.15) is 6.92 Å². The summed E-state index contributed by atoms with van der Waals surface area (Å²) in [4.78, 5) is 14.0. The molecule has 0 radical (unpaired) electrons. The van der Waals surface area contributed by atoms with E-state index in [1.807, 2.05) is 60.7 Å². The zero-order chi connectivity index (χ0) is 14.4. The van der Waals surface area contributed by atoms with Gasteiger partial charge >= 0.3 is 0 Å². The Labute approximate surface area is 122 Å². The van der Waals surface area contributed by atoms with Crippen molar-refractivity contribution in [2.24, 2.45) is 0 Å². The van der Waals surface area contributed by atoms with E-state index in [0.717, 1.165) is 22.1 Å². The van der Waals surface area contributed by atoms with Crippen molar-refractivity contribution in [3.8, 4) is 11.5 Å². The molecule has 0 unspecified atom stereocenters. The van der Waals surface area contributed by atoms with Crippen LogP contribution in [0.4, 0.5) is 11.4 Å². The summed E-state index contributed by atoms with van der Waals surface area (Å²) < 4.78 is 5.97. The summed E-state index contributed by atoms with van der Waals surface area (Å²) >= 11 is 0. The van der Waals surface area contributed by atoms with Crippen LogP contribution < -0.4 is 9.64 Å². The molecule has 0 saturated heterocycles. The van der Waals surface area contributed by atoms with Crippen molar-refractivity contribution < 1.29 is 9.53 Å². The molecule has 102 valence electrons. The molecule has 3 aromatic carbocycles. The van der Waals surface area contributed by atoms with Crippen molar-refractivity contribution in [3.05, 3.63) is 60.7 Å². The maximum Gasteiger partial charge on any atom is 0.228 e. The smallest absolute Gasteiger partial charge is 0.228 e. The average Bonchev–Trinajstić information content (AvgIpc) is 2.52. The topological polar surface area (TPSA) is 29.5 Å². The minimum Gasteiger partial charge on any atom is -0.453 e. The lowest BCUT2D eigenvalue weighted by Crippen LogP contribution is -2.26. The van der Waals surface area contributed by atoms with Crippen molar-refractivity contribution in [2.45, 2.75) is 6.92 Å². The predicted octanol–water partition coefficient (Wildman–Crippen LogP) is 4.63. The van der Waals surface area contributed by atoms with Crippen LogP contribution in [0.2, 0.25) is 0 Å². The van der Waals surface area contributed by atoms with Crippen LogP contribution in [0.15, 0.2) is 60.7 Å². The zero-order valence-corrected chi connectivity index (χ0v) is 11.5. The number of rotatable bonds is 0. The Kier molecular flexibility index (Phi) is 2.48. The molecule has 0 saturated carbocycles. The fraction of sp³-hybridized carbons (Fsp3) is 0.0556. The van der Waals surface area contributed by atoms with Crippen LogP contribution in [-0.4, -0.2) is 5.91 Å². The number of ether oxygens (including phenoxy) is 1. The van der Waals surface area contributed by atoms with Crippen molar-refractivity contribution >= 4 is 28.1 Å². The quantitative estimate of drug-likeness (QED) is 0.598. The molecule has 1 aliphatic rings. The lowest BCUT2D eigenvalue weighted by Gasteiger charge is -2.31. The summed E-state index contributed by atoms with van der Waals surface area (Å²) in [6, 6.07) is 19.5. The lowest BCUT2D eigenvalue weighted by atomic mass is 10.0. The maximum atomic E-state index is 12.2. The van der Waals surface area contributed by atoms with Gasteiger partial charge in [-0.05, 0) is 23.6 Å².